The van der Waals surface area contributed by atoms with E-state index in [1.165, 1.54) is 12.8 Å². The molecule has 0 spiro atoms. The highest BCUT2D eigenvalue weighted by Gasteiger charge is 2.27. The Morgan fingerprint density at radius 2 is 2.04 bits per heavy atom. The Kier molecular flexibility index (Phi) is 6.68. The maximum absolute atomic E-state index is 12.2. The number of halogens is 2. The number of rotatable bonds is 2. The number of amides is 1. The zero-order chi connectivity index (χ0) is 17.0. The molecule has 3 N–H and O–H groups in total. The lowest BCUT2D eigenvalue weighted by Gasteiger charge is -2.35. The van der Waals surface area contributed by atoms with Crippen molar-refractivity contribution in [3.8, 4) is 0 Å². The van der Waals surface area contributed by atoms with Crippen LogP contribution in [0.2, 0.25) is 5.02 Å². The Morgan fingerprint density at radius 1 is 1.30 bits per heavy atom. The Morgan fingerprint density at radius 3 is 2.78 bits per heavy atom. The molecule has 7 heteroatoms. The quantitative estimate of drug-likeness (QED) is 0.501. The first-order valence-corrected chi connectivity index (χ1v) is 9.28. The van der Waals surface area contributed by atoms with E-state index in [4.69, 9.17) is 23.8 Å². The summed E-state index contributed by atoms with van der Waals surface area (Å²) < 4.78 is 0.790. The van der Waals surface area contributed by atoms with Crippen molar-refractivity contribution >= 4 is 50.8 Å². The molecule has 1 aromatic carbocycles. The van der Waals surface area contributed by atoms with Crippen LogP contribution in [0.4, 0.5) is 0 Å². The molecule has 1 aliphatic carbocycles. The topological polar surface area (TPSA) is 53.2 Å². The number of carbonyl (C=O) groups is 1. The zero-order valence-corrected chi connectivity index (χ0v) is 16.3. The van der Waals surface area contributed by atoms with E-state index in [1.807, 2.05) is 0 Å². The minimum Gasteiger partial charge on any atom is -0.358 e. The van der Waals surface area contributed by atoms with Gasteiger partial charge in [-0.25, -0.2) is 0 Å². The van der Waals surface area contributed by atoms with Crippen molar-refractivity contribution in [1.29, 1.82) is 0 Å². The summed E-state index contributed by atoms with van der Waals surface area (Å²) >= 11 is 14.6. The minimum absolute atomic E-state index is 0.328. The van der Waals surface area contributed by atoms with Crippen molar-refractivity contribution in [2.24, 2.45) is 11.8 Å². The van der Waals surface area contributed by atoms with E-state index < -0.39 is 0 Å². The molecule has 1 fully saturated rings. The van der Waals surface area contributed by atoms with Crippen LogP contribution in [-0.2, 0) is 0 Å². The van der Waals surface area contributed by atoms with Gasteiger partial charge in [0.1, 0.15) is 0 Å². The maximum atomic E-state index is 12.2. The second-order valence-electron chi connectivity index (χ2n) is 6.05. The van der Waals surface area contributed by atoms with E-state index in [0.29, 0.717) is 33.6 Å². The van der Waals surface area contributed by atoms with Crippen molar-refractivity contribution in [3.63, 3.8) is 0 Å². The number of hydrazine groups is 1. The molecule has 23 heavy (non-hydrogen) atoms. The molecular formula is C16H21BrClN3OS. The van der Waals surface area contributed by atoms with Crippen LogP contribution in [0.15, 0.2) is 22.7 Å². The molecule has 4 nitrogen and oxygen atoms in total. The van der Waals surface area contributed by atoms with Crippen molar-refractivity contribution in [2.45, 2.75) is 39.2 Å². The predicted molar refractivity (Wildman–Crippen MR) is 101 cm³/mol. The summed E-state index contributed by atoms with van der Waals surface area (Å²) in [4.78, 5) is 12.2. The Hall–Kier alpha value is -0.850. The number of carbonyl (C=O) groups excluding carboxylic acids is 1. The number of nitrogens with one attached hydrogen (secondary N) is 3. The summed E-state index contributed by atoms with van der Waals surface area (Å²) in [6.07, 6.45) is 3.56. The number of benzene rings is 1. The van der Waals surface area contributed by atoms with Crippen molar-refractivity contribution in [1.82, 2.24) is 16.2 Å². The average Bonchev–Trinajstić information content (AvgIpc) is 2.52. The first-order chi connectivity index (χ1) is 10.9. The highest BCUT2D eigenvalue weighted by atomic mass is 79.9. The van der Waals surface area contributed by atoms with Gasteiger partial charge < -0.3 is 5.32 Å². The van der Waals surface area contributed by atoms with Gasteiger partial charge in [-0.05, 0) is 48.7 Å². The average molecular weight is 419 g/mol. The van der Waals surface area contributed by atoms with E-state index in [0.717, 1.165) is 10.9 Å². The van der Waals surface area contributed by atoms with Crippen LogP contribution in [0.1, 0.15) is 43.5 Å². The van der Waals surface area contributed by atoms with Crippen molar-refractivity contribution < 1.29 is 4.79 Å². The number of hydrogen-bond acceptors (Lipinski definition) is 2. The highest BCUT2D eigenvalue weighted by molar-refractivity contribution is 9.10. The third kappa shape index (κ3) is 5.06. The Bertz CT molecular complexity index is 599. The van der Waals surface area contributed by atoms with Crippen LogP contribution in [-0.4, -0.2) is 17.1 Å². The predicted octanol–water partition coefficient (Wildman–Crippen LogP) is 4.04. The summed E-state index contributed by atoms with van der Waals surface area (Å²) in [5, 5.41) is 4.11. The third-order valence-electron chi connectivity index (χ3n) is 4.49. The molecule has 0 heterocycles. The molecule has 0 aliphatic heterocycles. The van der Waals surface area contributed by atoms with Gasteiger partial charge in [-0.3, -0.25) is 15.6 Å². The van der Waals surface area contributed by atoms with E-state index in [9.17, 15) is 4.79 Å². The van der Waals surface area contributed by atoms with Crippen LogP contribution in [0, 0.1) is 11.8 Å². The van der Waals surface area contributed by atoms with Gasteiger partial charge in [0.05, 0.1) is 10.6 Å². The molecule has 0 bridgehead atoms. The molecule has 3 atom stereocenters. The van der Waals surface area contributed by atoms with E-state index in [2.05, 4.69) is 45.9 Å². The van der Waals surface area contributed by atoms with E-state index in [1.54, 1.807) is 18.2 Å². The first-order valence-electron chi connectivity index (χ1n) is 7.70. The molecule has 1 saturated carbocycles. The lowest BCUT2D eigenvalue weighted by atomic mass is 9.78. The molecule has 0 aromatic heterocycles. The Balaban J connectivity index is 1.86. The summed E-state index contributed by atoms with van der Waals surface area (Å²) in [6, 6.07) is 5.46. The summed E-state index contributed by atoms with van der Waals surface area (Å²) in [5.74, 6) is 0.906. The standard InChI is InChI=1S/C16H21BrClN3OS/c1-9-4-3-5-14(10(9)2)19-16(23)21-20-15(22)12-8-11(17)6-7-13(12)18/h6-10,14H,3-5H2,1-2H3,(H,20,22)(H2,19,21,23)/t9-,10+,14-/m0/s1. The van der Waals surface area contributed by atoms with Crippen LogP contribution >= 0.6 is 39.7 Å². The van der Waals surface area contributed by atoms with Crippen LogP contribution in [0.3, 0.4) is 0 Å². The van der Waals surface area contributed by atoms with Crippen molar-refractivity contribution in [3.05, 3.63) is 33.3 Å². The molecule has 2 rings (SSSR count). The van der Waals surface area contributed by atoms with Gasteiger partial charge >= 0.3 is 0 Å². The van der Waals surface area contributed by atoms with Crippen LogP contribution in [0.25, 0.3) is 0 Å². The normalized spacial score (nSPS) is 23.9. The first kappa shape index (κ1) is 18.5. The van der Waals surface area contributed by atoms with Gasteiger partial charge in [0.25, 0.3) is 5.91 Å². The maximum Gasteiger partial charge on any atom is 0.271 e. The van der Waals surface area contributed by atoms with Gasteiger partial charge in [-0.2, -0.15) is 0 Å². The second kappa shape index (κ2) is 8.31. The fourth-order valence-electron chi connectivity index (χ4n) is 2.84. The summed E-state index contributed by atoms with van der Waals surface area (Å²) in [6.45, 7) is 4.51. The van der Waals surface area contributed by atoms with E-state index >= 15 is 0 Å². The SMILES string of the molecule is C[C@H]1[C@@H](NC(=S)NNC(=O)c2cc(Br)ccc2Cl)CCC[C@@H]1C. The molecule has 0 saturated heterocycles. The Labute approximate surface area is 155 Å². The lowest BCUT2D eigenvalue weighted by Crippen LogP contribution is -2.52. The zero-order valence-electron chi connectivity index (χ0n) is 13.2. The highest BCUT2D eigenvalue weighted by Crippen LogP contribution is 2.29. The fraction of sp³-hybridized carbons (Fsp3) is 0.500. The molecule has 1 aliphatic rings. The van der Waals surface area contributed by atoms with Gasteiger partial charge in [0.15, 0.2) is 5.11 Å². The largest absolute Gasteiger partial charge is 0.358 e. The number of hydrogen-bond donors (Lipinski definition) is 3. The second-order valence-corrected chi connectivity index (χ2v) is 7.78. The third-order valence-corrected chi connectivity index (χ3v) is 5.53. The van der Waals surface area contributed by atoms with Crippen LogP contribution in [0.5, 0.6) is 0 Å². The monoisotopic (exact) mass is 417 g/mol. The minimum atomic E-state index is -0.328. The van der Waals surface area contributed by atoms with Gasteiger partial charge in [-0.15, -0.1) is 0 Å². The van der Waals surface area contributed by atoms with Gasteiger partial charge in [-0.1, -0.05) is 54.2 Å². The molecule has 0 unspecified atom stereocenters. The molecular weight excluding hydrogens is 398 g/mol. The van der Waals surface area contributed by atoms with E-state index in [-0.39, 0.29) is 5.91 Å². The fourth-order valence-corrected chi connectivity index (χ4v) is 3.61. The number of thiocarbonyl (C=S) groups is 1. The molecule has 0 radical (unpaired) electrons. The summed E-state index contributed by atoms with van der Waals surface area (Å²) in [7, 11) is 0. The van der Waals surface area contributed by atoms with Gasteiger partial charge in [0.2, 0.25) is 0 Å². The smallest absolute Gasteiger partial charge is 0.271 e. The van der Waals surface area contributed by atoms with Gasteiger partial charge in [0, 0.05) is 10.5 Å². The molecule has 126 valence electrons. The lowest BCUT2D eigenvalue weighted by molar-refractivity contribution is 0.0943. The summed E-state index contributed by atoms with van der Waals surface area (Å²) in [5.41, 5.74) is 5.73. The molecule has 1 aromatic rings. The van der Waals surface area contributed by atoms with Crippen LogP contribution < -0.4 is 16.2 Å². The van der Waals surface area contributed by atoms with Crippen molar-refractivity contribution in [2.75, 3.05) is 0 Å². The molecule has 1 amide bonds.